The summed E-state index contributed by atoms with van der Waals surface area (Å²) in [5.41, 5.74) is 2.66. The second-order valence-corrected chi connectivity index (χ2v) is 8.02. The van der Waals surface area contributed by atoms with E-state index < -0.39 is 5.82 Å². The number of nitrogens with one attached hydrogen (secondary N) is 2. The zero-order valence-electron chi connectivity index (χ0n) is 18.5. The molecule has 1 aliphatic heterocycles. The summed E-state index contributed by atoms with van der Waals surface area (Å²) in [6, 6.07) is 4.95. The van der Waals surface area contributed by atoms with Crippen LogP contribution in [-0.4, -0.2) is 51.5 Å². The number of amides is 1. The molecule has 1 amide bonds. The Hall–Kier alpha value is -3.33. The first-order chi connectivity index (χ1) is 15.3. The molecular formula is C23H26FN5O3. The summed E-state index contributed by atoms with van der Waals surface area (Å²) in [4.78, 5) is 37.1. The van der Waals surface area contributed by atoms with Crippen LogP contribution >= 0.6 is 0 Å². The van der Waals surface area contributed by atoms with E-state index in [4.69, 9.17) is 4.74 Å². The van der Waals surface area contributed by atoms with Crippen LogP contribution in [0.25, 0.3) is 11.0 Å². The van der Waals surface area contributed by atoms with Gasteiger partial charge in [0.2, 0.25) is 0 Å². The number of halogens is 1. The van der Waals surface area contributed by atoms with Crippen molar-refractivity contribution < 1.29 is 13.9 Å². The van der Waals surface area contributed by atoms with Crippen molar-refractivity contribution in [2.45, 2.75) is 45.9 Å². The fourth-order valence-electron chi connectivity index (χ4n) is 3.92. The summed E-state index contributed by atoms with van der Waals surface area (Å²) in [5, 5.41) is 2.53. The number of aromatic amines is 1. The van der Waals surface area contributed by atoms with Crippen LogP contribution in [0.2, 0.25) is 0 Å². The van der Waals surface area contributed by atoms with E-state index in [1.165, 1.54) is 12.3 Å². The fourth-order valence-corrected chi connectivity index (χ4v) is 3.92. The maximum Gasteiger partial charge on any atom is 0.270 e. The van der Waals surface area contributed by atoms with E-state index in [1.807, 2.05) is 20.8 Å². The third kappa shape index (κ3) is 3.95. The van der Waals surface area contributed by atoms with E-state index in [9.17, 15) is 14.0 Å². The summed E-state index contributed by atoms with van der Waals surface area (Å²) >= 11 is 0. The summed E-state index contributed by atoms with van der Waals surface area (Å²) in [6.45, 7) is 6.94. The van der Waals surface area contributed by atoms with Gasteiger partial charge >= 0.3 is 0 Å². The monoisotopic (exact) mass is 439 g/mol. The molecule has 0 bridgehead atoms. The van der Waals surface area contributed by atoms with Crippen molar-refractivity contribution in [2.75, 3.05) is 13.6 Å². The molecule has 2 N–H and O–H groups in total. The average Bonchev–Trinajstić information content (AvgIpc) is 2.80. The largest absolute Gasteiger partial charge is 0.486 e. The fraction of sp³-hybridized carbons (Fsp3) is 0.391. The molecule has 0 aliphatic carbocycles. The van der Waals surface area contributed by atoms with Gasteiger partial charge in [-0.15, -0.1) is 0 Å². The Labute approximate surface area is 184 Å². The van der Waals surface area contributed by atoms with E-state index in [0.717, 1.165) is 11.1 Å². The molecule has 0 spiro atoms. The molecule has 9 heteroatoms. The van der Waals surface area contributed by atoms with Crippen LogP contribution in [0.5, 0.6) is 5.75 Å². The molecule has 32 heavy (non-hydrogen) atoms. The number of ether oxygens (including phenoxy) is 1. The van der Waals surface area contributed by atoms with Crippen molar-refractivity contribution in [1.29, 1.82) is 0 Å². The first-order valence-electron chi connectivity index (χ1n) is 10.6. The lowest BCUT2D eigenvalue weighted by Gasteiger charge is -2.46. The third-order valence-corrected chi connectivity index (χ3v) is 6.09. The van der Waals surface area contributed by atoms with E-state index in [0.29, 0.717) is 42.2 Å². The minimum absolute atomic E-state index is 0.0400. The molecule has 0 radical (unpaired) electrons. The molecule has 0 saturated carbocycles. The minimum atomic E-state index is -0.435. The molecule has 8 nitrogen and oxygen atoms in total. The van der Waals surface area contributed by atoms with Crippen LogP contribution in [0.15, 0.2) is 29.2 Å². The zero-order chi connectivity index (χ0) is 23.0. The van der Waals surface area contributed by atoms with Gasteiger partial charge in [0, 0.05) is 26.2 Å². The van der Waals surface area contributed by atoms with Crippen molar-refractivity contribution in [3.8, 4) is 5.75 Å². The van der Waals surface area contributed by atoms with Gasteiger partial charge < -0.3 is 15.0 Å². The second kappa shape index (κ2) is 8.66. The first-order valence-corrected chi connectivity index (χ1v) is 10.6. The zero-order valence-corrected chi connectivity index (χ0v) is 18.5. The smallest absolute Gasteiger partial charge is 0.270 e. The highest BCUT2D eigenvalue weighted by molar-refractivity contribution is 5.92. The summed E-state index contributed by atoms with van der Waals surface area (Å²) in [6.07, 6.45) is 1.95. The van der Waals surface area contributed by atoms with Crippen molar-refractivity contribution >= 4 is 16.9 Å². The Morgan fingerprint density at radius 3 is 2.81 bits per heavy atom. The number of carbonyl (C=O) groups is 1. The Kier molecular flexibility index (Phi) is 5.92. The lowest BCUT2D eigenvalue weighted by molar-refractivity contribution is -0.0416. The third-order valence-electron chi connectivity index (χ3n) is 6.09. The molecule has 3 heterocycles. The van der Waals surface area contributed by atoms with Crippen LogP contribution in [0.4, 0.5) is 4.39 Å². The Morgan fingerprint density at radius 2 is 2.19 bits per heavy atom. The summed E-state index contributed by atoms with van der Waals surface area (Å²) < 4.78 is 20.8. The number of fused-ring (bicyclic) bond motifs is 1. The van der Waals surface area contributed by atoms with Gasteiger partial charge in [-0.3, -0.25) is 14.5 Å². The van der Waals surface area contributed by atoms with Crippen molar-refractivity contribution in [3.05, 3.63) is 63.1 Å². The standard InChI is InChI=1S/C23H26FN5O3/c1-5-17-23(31)28-20-12(2)14(8-16(24)21(20)27-17)10-29-11-19(13(29)3)32-15-6-7-18(26-9-15)22(30)25-4/h6-9,13,19H,5,10-11H2,1-4H3,(H,25,30)(H,28,31)/t13-,19+/m1/s1. The van der Waals surface area contributed by atoms with Gasteiger partial charge in [0.1, 0.15) is 28.8 Å². The normalized spacial score (nSPS) is 18.4. The number of H-pyrrole nitrogens is 1. The van der Waals surface area contributed by atoms with Crippen molar-refractivity contribution in [3.63, 3.8) is 0 Å². The Morgan fingerprint density at radius 1 is 1.41 bits per heavy atom. The van der Waals surface area contributed by atoms with Gasteiger partial charge in [0.15, 0.2) is 5.82 Å². The average molecular weight is 439 g/mol. The van der Waals surface area contributed by atoms with Gasteiger partial charge in [-0.1, -0.05) is 6.92 Å². The van der Waals surface area contributed by atoms with E-state index in [-0.39, 0.29) is 29.1 Å². The van der Waals surface area contributed by atoms with Crippen LogP contribution in [0, 0.1) is 12.7 Å². The maximum atomic E-state index is 14.8. The lowest BCUT2D eigenvalue weighted by atomic mass is 9.97. The minimum Gasteiger partial charge on any atom is -0.486 e. The Balaban J connectivity index is 1.46. The molecule has 2 aromatic heterocycles. The molecule has 1 aliphatic rings. The molecule has 1 aromatic carbocycles. The number of nitrogens with zero attached hydrogens (tertiary/aromatic N) is 3. The molecule has 1 fully saturated rings. The number of rotatable bonds is 6. The van der Waals surface area contributed by atoms with Crippen LogP contribution in [0.1, 0.15) is 41.2 Å². The predicted octanol–water partition coefficient (Wildman–Crippen LogP) is 2.34. The van der Waals surface area contributed by atoms with E-state index >= 15 is 0 Å². The first kappa shape index (κ1) is 21.9. The van der Waals surface area contributed by atoms with Gasteiger partial charge in [0.05, 0.1) is 11.7 Å². The summed E-state index contributed by atoms with van der Waals surface area (Å²) in [5.74, 6) is -0.0903. The van der Waals surface area contributed by atoms with E-state index in [2.05, 4.69) is 25.2 Å². The number of pyridine rings is 1. The van der Waals surface area contributed by atoms with Crippen LogP contribution < -0.4 is 15.6 Å². The summed E-state index contributed by atoms with van der Waals surface area (Å²) in [7, 11) is 1.55. The SMILES string of the molecule is CCc1nc2c(F)cc(CN3C[C@H](Oc4ccc(C(=O)NC)nc4)[C@H]3C)c(C)c2[nH]c1=O. The van der Waals surface area contributed by atoms with Crippen LogP contribution in [0.3, 0.4) is 0 Å². The van der Waals surface area contributed by atoms with E-state index in [1.54, 1.807) is 19.2 Å². The van der Waals surface area contributed by atoms with Gasteiger partial charge in [-0.25, -0.2) is 14.4 Å². The molecular weight excluding hydrogens is 413 g/mol. The number of hydrogen-bond acceptors (Lipinski definition) is 6. The lowest BCUT2D eigenvalue weighted by Crippen LogP contribution is -2.60. The van der Waals surface area contributed by atoms with Gasteiger partial charge in [-0.05, 0) is 49.6 Å². The number of benzene rings is 1. The highest BCUT2D eigenvalue weighted by atomic mass is 19.1. The predicted molar refractivity (Wildman–Crippen MR) is 118 cm³/mol. The number of aromatic nitrogens is 3. The van der Waals surface area contributed by atoms with Crippen molar-refractivity contribution in [2.24, 2.45) is 0 Å². The maximum absolute atomic E-state index is 14.8. The highest BCUT2D eigenvalue weighted by Crippen LogP contribution is 2.28. The molecule has 4 rings (SSSR count). The molecule has 3 aromatic rings. The molecule has 1 saturated heterocycles. The molecule has 0 unspecified atom stereocenters. The van der Waals surface area contributed by atoms with Gasteiger partial charge in [0.25, 0.3) is 11.5 Å². The van der Waals surface area contributed by atoms with Gasteiger partial charge in [-0.2, -0.15) is 0 Å². The Bertz CT molecular complexity index is 1230. The highest BCUT2D eigenvalue weighted by Gasteiger charge is 2.37. The second-order valence-electron chi connectivity index (χ2n) is 8.02. The topological polar surface area (TPSA) is 100 Å². The number of aryl methyl sites for hydroxylation is 2. The molecule has 168 valence electrons. The van der Waals surface area contributed by atoms with Crippen molar-refractivity contribution in [1.82, 2.24) is 25.2 Å². The van der Waals surface area contributed by atoms with Crippen LogP contribution in [-0.2, 0) is 13.0 Å². The quantitative estimate of drug-likeness (QED) is 0.612. The number of hydrogen-bond donors (Lipinski definition) is 2. The number of carbonyl (C=O) groups excluding carboxylic acids is 1. The number of likely N-dealkylation sites (tertiary alicyclic amines) is 1. The molecule has 2 atom stereocenters.